The van der Waals surface area contributed by atoms with Crippen LogP contribution in [-0.2, 0) is 4.79 Å². The molecule has 0 aliphatic carbocycles. The van der Waals surface area contributed by atoms with Crippen molar-refractivity contribution in [1.82, 2.24) is 20.2 Å². The normalized spacial score (nSPS) is 15.3. The summed E-state index contributed by atoms with van der Waals surface area (Å²) in [4.78, 5) is 13.3. The van der Waals surface area contributed by atoms with Crippen molar-refractivity contribution < 1.29 is 18.7 Å². The molecule has 154 valence electrons. The highest BCUT2D eigenvalue weighted by Crippen LogP contribution is 2.40. The van der Waals surface area contributed by atoms with E-state index in [-0.39, 0.29) is 11.7 Å². The number of benzene rings is 2. The third-order valence-corrected chi connectivity index (χ3v) is 4.80. The average molecular weight is 410 g/mol. The molecule has 30 heavy (non-hydrogen) atoms. The molecule has 2 heterocycles. The van der Waals surface area contributed by atoms with Crippen LogP contribution in [0.2, 0.25) is 0 Å². The SMILES string of the molecule is COc1ccc([C@H]2C(C(=O)Nc3ccc(F)cc3)=C(C)Nc3nnnn32)c(OC)c1. The van der Waals surface area contributed by atoms with Gasteiger partial charge in [-0.05, 0) is 53.7 Å². The van der Waals surface area contributed by atoms with Gasteiger partial charge in [-0.1, -0.05) is 5.10 Å². The largest absolute Gasteiger partial charge is 0.497 e. The number of aromatic nitrogens is 4. The molecule has 1 aromatic heterocycles. The van der Waals surface area contributed by atoms with E-state index in [2.05, 4.69) is 26.2 Å². The number of anilines is 2. The Labute approximate surface area is 171 Å². The summed E-state index contributed by atoms with van der Waals surface area (Å²) in [7, 11) is 3.10. The molecule has 2 N–H and O–H groups in total. The average Bonchev–Trinajstić information content (AvgIpc) is 3.21. The summed E-state index contributed by atoms with van der Waals surface area (Å²) in [6.07, 6.45) is 0. The van der Waals surface area contributed by atoms with Crippen LogP contribution in [0.15, 0.2) is 53.7 Å². The Morgan fingerprint density at radius 3 is 2.63 bits per heavy atom. The van der Waals surface area contributed by atoms with Crippen LogP contribution in [0.1, 0.15) is 18.5 Å². The second-order valence-corrected chi connectivity index (χ2v) is 6.58. The van der Waals surface area contributed by atoms with Crippen molar-refractivity contribution in [2.24, 2.45) is 0 Å². The fourth-order valence-electron chi connectivity index (χ4n) is 3.37. The van der Waals surface area contributed by atoms with Gasteiger partial charge >= 0.3 is 0 Å². The van der Waals surface area contributed by atoms with E-state index in [0.717, 1.165) is 0 Å². The molecule has 4 rings (SSSR count). The van der Waals surface area contributed by atoms with Gasteiger partial charge in [-0.25, -0.2) is 4.39 Å². The minimum absolute atomic E-state index is 0.379. The van der Waals surface area contributed by atoms with Gasteiger partial charge in [-0.2, -0.15) is 4.68 Å². The first-order chi connectivity index (χ1) is 14.5. The van der Waals surface area contributed by atoms with Crippen molar-refractivity contribution in [3.8, 4) is 11.5 Å². The second-order valence-electron chi connectivity index (χ2n) is 6.58. The summed E-state index contributed by atoms with van der Waals surface area (Å²) < 4.78 is 25.6. The Morgan fingerprint density at radius 1 is 1.17 bits per heavy atom. The van der Waals surface area contributed by atoms with Gasteiger partial charge in [-0.3, -0.25) is 4.79 Å². The quantitative estimate of drug-likeness (QED) is 0.667. The van der Waals surface area contributed by atoms with Crippen LogP contribution in [0, 0.1) is 5.82 Å². The van der Waals surface area contributed by atoms with Crippen molar-refractivity contribution in [3.63, 3.8) is 0 Å². The number of allylic oxidation sites excluding steroid dienone is 1. The highest BCUT2D eigenvalue weighted by atomic mass is 19.1. The number of fused-ring (bicyclic) bond motifs is 1. The van der Waals surface area contributed by atoms with Crippen LogP contribution < -0.4 is 20.1 Å². The van der Waals surface area contributed by atoms with Gasteiger partial charge in [0.25, 0.3) is 5.91 Å². The molecule has 1 aliphatic rings. The Hall–Kier alpha value is -3.95. The summed E-state index contributed by atoms with van der Waals surface area (Å²) in [5.41, 5.74) is 2.11. The van der Waals surface area contributed by atoms with E-state index in [4.69, 9.17) is 9.47 Å². The van der Waals surface area contributed by atoms with E-state index in [1.807, 2.05) is 0 Å². The zero-order chi connectivity index (χ0) is 21.3. The number of carbonyl (C=O) groups excluding carboxylic acids is 1. The zero-order valence-corrected chi connectivity index (χ0v) is 16.5. The number of rotatable bonds is 5. The first-order valence-electron chi connectivity index (χ1n) is 9.06. The molecule has 0 saturated carbocycles. The lowest BCUT2D eigenvalue weighted by Gasteiger charge is -2.29. The van der Waals surface area contributed by atoms with E-state index in [1.54, 1.807) is 32.2 Å². The molecule has 0 bridgehead atoms. The van der Waals surface area contributed by atoms with E-state index >= 15 is 0 Å². The van der Waals surface area contributed by atoms with Crippen LogP contribution >= 0.6 is 0 Å². The number of hydrogen-bond donors (Lipinski definition) is 2. The minimum atomic E-state index is -0.655. The van der Waals surface area contributed by atoms with E-state index < -0.39 is 6.04 Å². The van der Waals surface area contributed by atoms with Crippen molar-refractivity contribution in [2.75, 3.05) is 24.9 Å². The number of nitrogens with one attached hydrogen (secondary N) is 2. The number of hydrogen-bond acceptors (Lipinski definition) is 7. The van der Waals surface area contributed by atoms with E-state index in [1.165, 1.54) is 36.1 Å². The number of tetrazole rings is 1. The molecule has 0 unspecified atom stereocenters. The highest BCUT2D eigenvalue weighted by Gasteiger charge is 2.35. The maximum Gasteiger partial charge on any atom is 0.255 e. The topological polar surface area (TPSA) is 103 Å². The smallest absolute Gasteiger partial charge is 0.255 e. The maximum absolute atomic E-state index is 13.3. The van der Waals surface area contributed by atoms with Crippen molar-refractivity contribution in [2.45, 2.75) is 13.0 Å². The van der Waals surface area contributed by atoms with Crippen molar-refractivity contribution in [1.29, 1.82) is 0 Å². The predicted octanol–water partition coefficient (Wildman–Crippen LogP) is 2.76. The number of halogens is 1. The summed E-state index contributed by atoms with van der Waals surface area (Å²) in [5.74, 6) is 0.758. The summed E-state index contributed by atoms with van der Waals surface area (Å²) >= 11 is 0. The lowest BCUT2D eigenvalue weighted by atomic mass is 9.94. The number of carbonyl (C=O) groups is 1. The van der Waals surface area contributed by atoms with Gasteiger partial charge in [-0.15, -0.1) is 0 Å². The van der Waals surface area contributed by atoms with Gasteiger partial charge in [0.05, 0.1) is 19.8 Å². The van der Waals surface area contributed by atoms with Gasteiger partial charge in [0.15, 0.2) is 0 Å². The fourth-order valence-corrected chi connectivity index (χ4v) is 3.37. The second kappa shape index (κ2) is 7.82. The third kappa shape index (κ3) is 3.43. The number of nitrogens with zero attached hydrogens (tertiary/aromatic N) is 4. The van der Waals surface area contributed by atoms with Gasteiger partial charge in [0.2, 0.25) is 5.95 Å². The van der Waals surface area contributed by atoms with Gasteiger partial charge in [0, 0.05) is 23.0 Å². The van der Waals surface area contributed by atoms with Gasteiger partial charge < -0.3 is 20.1 Å². The van der Waals surface area contributed by atoms with Crippen LogP contribution in [0.5, 0.6) is 11.5 Å². The molecular formula is C20H19FN6O3. The third-order valence-electron chi connectivity index (χ3n) is 4.80. The van der Waals surface area contributed by atoms with Crippen LogP contribution in [0.4, 0.5) is 16.0 Å². The van der Waals surface area contributed by atoms with Crippen LogP contribution in [-0.4, -0.2) is 40.3 Å². The fraction of sp³-hybridized carbons (Fsp3) is 0.200. The predicted molar refractivity (Wildman–Crippen MR) is 107 cm³/mol. The summed E-state index contributed by atoms with van der Waals surface area (Å²) in [6, 6.07) is 10.2. The Morgan fingerprint density at radius 2 is 1.93 bits per heavy atom. The molecule has 1 aliphatic heterocycles. The molecule has 1 amide bonds. The van der Waals surface area contributed by atoms with Crippen molar-refractivity contribution >= 4 is 17.5 Å². The maximum atomic E-state index is 13.3. The first-order valence-corrected chi connectivity index (χ1v) is 9.06. The van der Waals surface area contributed by atoms with E-state index in [0.29, 0.717) is 40.0 Å². The lowest BCUT2D eigenvalue weighted by molar-refractivity contribution is -0.113. The molecule has 3 aromatic rings. The van der Waals surface area contributed by atoms with Crippen molar-refractivity contribution in [3.05, 3.63) is 65.1 Å². The molecule has 2 aromatic carbocycles. The Balaban J connectivity index is 1.79. The number of amides is 1. The molecule has 10 heteroatoms. The molecule has 0 fully saturated rings. The molecule has 0 spiro atoms. The molecule has 0 saturated heterocycles. The minimum Gasteiger partial charge on any atom is -0.497 e. The number of ether oxygens (including phenoxy) is 2. The Bertz CT molecular complexity index is 1130. The Kier molecular flexibility index (Phi) is 5.05. The standard InChI is InChI=1S/C20H19FN6O3/c1-11-17(19(28)23-13-6-4-12(21)5-7-13)18(27-20(22-11)24-25-26-27)15-9-8-14(29-2)10-16(15)30-3/h4-10,18H,1-3H3,(H,23,28)(H,22,24,26)/t18-/m0/s1. The van der Waals surface area contributed by atoms with Crippen LogP contribution in [0.25, 0.3) is 0 Å². The highest BCUT2D eigenvalue weighted by molar-refractivity contribution is 6.06. The van der Waals surface area contributed by atoms with E-state index in [9.17, 15) is 9.18 Å². The molecule has 0 radical (unpaired) electrons. The number of methoxy groups -OCH3 is 2. The van der Waals surface area contributed by atoms with Gasteiger partial charge in [0.1, 0.15) is 23.4 Å². The van der Waals surface area contributed by atoms with Crippen LogP contribution in [0.3, 0.4) is 0 Å². The summed E-state index contributed by atoms with van der Waals surface area (Å²) in [5, 5.41) is 17.6. The molecule has 9 nitrogen and oxygen atoms in total. The molecule has 1 atom stereocenters. The monoisotopic (exact) mass is 410 g/mol. The lowest BCUT2D eigenvalue weighted by Crippen LogP contribution is -2.31. The molecular weight excluding hydrogens is 391 g/mol. The summed E-state index contributed by atoms with van der Waals surface area (Å²) in [6.45, 7) is 1.76. The first kappa shape index (κ1) is 19.4. The zero-order valence-electron chi connectivity index (χ0n) is 16.5.